The second kappa shape index (κ2) is 9.26. The zero-order chi connectivity index (χ0) is 20.1. The van der Waals surface area contributed by atoms with Crippen molar-refractivity contribution in [1.82, 2.24) is 19.7 Å². The molecule has 3 aromatic rings. The topological polar surface area (TPSA) is 63.4 Å². The van der Waals surface area contributed by atoms with Crippen LogP contribution in [0.3, 0.4) is 0 Å². The van der Waals surface area contributed by atoms with E-state index in [1.54, 1.807) is 23.9 Å². The third kappa shape index (κ3) is 4.87. The molecule has 29 heavy (non-hydrogen) atoms. The number of hydrogen-bond acceptors (Lipinski definition) is 6. The smallest absolute Gasteiger partial charge is 0.174 e. The molecule has 1 saturated heterocycles. The zero-order valence-electron chi connectivity index (χ0n) is 16.4. The molecule has 0 radical (unpaired) electrons. The van der Waals surface area contributed by atoms with Crippen molar-refractivity contribution >= 4 is 23.9 Å². The van der Waals surface area contributed by atoms with Gasteiger partial charge in [0, 0.05) is 18.0 Å². The highest BCUT2D eigenvalue weighted by molar-refractivity contribution is 7.98. The Morgan fingerprint density at radius 1 is 1.07 bits per heavy atom. The predicted molar refractivity (Wildman–Crippen MR) is 117 cm³/mol. The highest BCUT2D eigenvalue weighted by Gasteiger charge is 2.18. The molecule has 2 aromatic carbocycles. The van der Waals surface area contributed by atoms with Crippen molar-refractivity contribution in [2.24, 2.45) is 0 Å². The summed E-state index contributed by atoms with van der Waals surface area (Å²) in [5, 5.41) is 15.0. The van der Waals surface area contributed by atoms with Crippen LogP contribution in [0.25, 0.3) is 23.5 Å². The average molecular weight is 409 g/mol. The van der Waals surface area contributed by atoms with E-state index in [0.29, 0.717) is 23.9 Å². The van der Waals surface area contributed by atoms with E-state index >= 15 is 0 Å². The summed E-state index contributed by atoms with van der Waals surface area (Å²) in [6.07, 6.45) is 5.98. The quantitative estimate of drug-likeness (QED) is 0.626. The van der Waals surface area contributed by atoms with Crippen LogP contribution in [-0.2, 0) is 11.4 Å². The molecule has 4 rings (SSSR count). The lowest BCUT2D eigenvalue weighted by Crippen LogP contribution is -2.37. The van der Waals surface area contributed by atoms with E-state index in [1.165, 1.54) is 4.90 Å². The summed E-state index contributed by atoms with van der Waals surface area (Å²) in [5.74, 6) is 1.48. The van der Waals surface area contributed by atoms with Gasteiger partial charge in [-0.1, -0.05) is 30.3 Å². The second-order valence-electron chi connectivity index (χ2n) is 6.79. The summed E-state index contributed by atoms with van der Waals surface area (Å²) in [4.78, 5) is 8.21. The van der Waals surface area contributed by atoms with Gasteiger partial charge in [-0.25, -0.2) is 9.67 Å². The lowest BCUT2D eigenvalue weighted by atomic mass is 10.2. The van der Waals surface area contributed by atoms with E-state index in [9.17, 15) is 5.11 Å². The molecule has 0 bridgehead atoms. The number of aromatic nitrogens is 3. The molecule has 1 aliphatic rings. The largest absolute Gasteiger partial charge is 0.507 e. The lowest BCUT2D eigenvalue weighted by molar-refractivity contribution is 0.0216. The molecule has 0 amide bonds. The normalized spacial score (nSPS) is 15.2. The molecule has 0 aliphatic carbocycles. The Morgan fingerprint density at radius 3 is 2.55 bits per heavy atom. The van der Waals surface area contributed by atoms with Gasteiger partial charge >= 0.3 is 0 Å². The Bertz CT molecular complexity index is 979. The van der Waals surface area contributed by atoms with Gasteiger partial charge in [-0.05, 0) is 42.2 Å². The van der Waals surface area contributed by atoms with Gasteiger partial charge < -0.3 is 9.84 Å². The van der Waals surface area contributed by atoms with E-state index in [4.69, 9.17) is 14.8 Å². The molecule has 0 saturated carbocycles. The van der Waals surface area contributed by atoms with Gasteiger partial charge in [0.15, 0.2) is 11.6 Å². The monoisotopic (exact) mass is 408 g/mol. The molecule has 2 heterocycles. The second-order valence-corrected chi connectivity index (χ2v) is 7.67. The van der Waals surface area contributed by atoms with Crippen molar-refractivity contribution < 1.29 is 9.84 Å². The van der Waals surface area contributed by atoms with Crippen LogP contribution in [0.1, 0.15) is 11.4 Å². The number of morpholine rings is 1. The van der Waals surface area contributed by atoms with E-state index in [2.05, 4.69) is 35.4 Å². The molecule has 1 aromatic heterocycles. The molecule has 1 fully saturated rings. The summed E-state index contributed by atoms with van der Waals surface area (Å²) in [5.41, 5.74) is 1.77. The van der Waals surface area contributed by atoms with E-state index in [1.807, 2.05) is 29.0 Å². The third-order valence-electron chi connectivity index (χ3n) is 4.81. The van der Waals surface area contributed by atoms with Crippen LogP contribution >= 0.6 is 11.8 Å². The first kappa shape index (κ1) is 19.7. The first-order valence-corrected chi connectivity index (χ1v) is 10.8. The van der Waals surface area contributed by atoms with Gasteiger partial charge in [0.2, 0.25) is 0 Å². The Hall–Kier alpha value is -2.61. The first-order chi connectivity index (χ1) is 14.2. The average Bonchev–Trinajstić information content (AvgIpc) is 3.16. The van der Waals surface area contributed by atoms with Gasteiger partial charge in [-0.3, -0.25) is 4.90 Å². The Balaban J connectivity index is 1.62. The minimum absolute atomic E-state index is 0.200. The molecular weight excluding hydrogens is 384 g/mol. The minimum atomic E-state index is 0.200. The Kier molecular flexibility index (Phi) is 6.29. The number of benzene rings is 2. The number of thioether (sulfide) groups is 1. The summed E-state index contributed by atoms with van der Waals surface area (Å²) in [6.45, 7) is 3.76. The van der Waals surface area contributed by atoms with Gasteiger partial charge in [0.25, 0.3) is 0 Å². The van der Waals surface area contributed by atoms with Crippen LogP contribution < -0.4 is 0 Å². The molecule has 0 unspecified atom stereocenters. The van der Waals surface area contributed by atoms with Crippen LogP contribution in [-0.4, -0.2) is 57.3 Å². The van der Waals surface area contributed by atoms with Crippen LogP contribution in [0.4, 0.5) is 0 Å². The fourth-order valence-electron chi connectivity index (χ4n) is 3.21. The van der Waals surface area contributed by atoms with Crippen molar-refractivity contribution in [2.75, 3.05) is 32.6 Å². The number of phenols is 1. The van der Waals surface area contributed by atoms with Crippen LogP contribution in [0.2, 0.25) is 0 Å². The van der Waals surface area contributed by atoms with E-state index in [-0.39, 0.29) is 5.75 Å². The number of rotatable bonds is 6. The minimum Gasteiger partial charge on any atom is -0.507 e. The molecule has 0 spiro atoms. The van der Waals surface area contributed by atoms with Crippen LogP contribution in [0, 0.1) is 0 Å². The standard InChI is InChI=1S/C22H24N4O2S/c1-29-18-9-6-17(7-10-18)8-11-21-23-22(19-4-2-3-5-20(19)27)26(24-21)16-25-12-14-28-15-13-25/h2-11,27H,12-16H2,1H3/b11-8+. The maximum Gasteiger partial charge on any atom is 0.174 e. The number of para-hydroxylation sites is 1. The molecular formula is C22H24N4O2S. The van der Waals surface area contributed by atoms with Crippen molar-refractivity contribution in [3.05, 3.63) is 59.9 Å². The van der Waals surface area contributed by atoms with Crippen LogP contribution in [0.15, 0.2) is 53.4 Å². The zero-order valence-corrected chi connectivity index (χ0v) is 17.2. The molecule has 1 N–H and O–H groups in total. The molecule has 0 atom stereocenters. The SMILES string of the molecule is CSc1ccc(/C=C/c2nc(-c3ccccc3O)n(CN3CCOCC3)n2)cc1. The van der Waals surface area contributed by atoms with Crippen molar-refractivity contribution in [3.8, 4) is 17.1 Å². The van der Waals surface area contributed by atoms with Crippen molar-refractivity contribution in [1.29, 1.82) is 0 Å². The summed E-state index contributed by atoms with van der Waals surface area (Å²) >= 11 is 1.72. The molecule has 7 heteroatoms. The van der Waals surface area contributed by atoms with E-state index < -0.39 is 0 Å². The maximum absolute atomic E-state index is 10.3. The van der Waals surface area contributed by atoms with Crippen molar-refractivity contribution in [3.63, 3.8) is 0 Å². The van der Waals surface area contributed by atoms with Crippen molar-refractivity contribution in [2.45, 2.75) is 11.6 Å². The fourth-order valence-corrected chi connectivity index (χ4v) is 3.62. The summed E-state index contributed by atoms with van der Waals surface area (Å²) < 4.78 is 7.30. The first-order valence-electron chi connectivity index (χ1n) is 9.58. The molecule has 6 nitrogen and oxygen atoms in total. The predicted octanol–water partition coefficient (Wildman–Crippen LogP) is 3.83. The number of phenolic OH excluding ortho intramolecular Hbond substituents is 1. The van der Waals surface area contributed by atoms with Gasteiger partial charge in [0.1, 0.15) is 5.75 Å². The summed E-state index contributed by atoms with van der Waals surface area (Å²) in [6, 6.07) is 15.6. The number of aromatic hydroxyl groups is 1. The van der Waals surface area contributed by atoms with Crippen LogP contribution in [0.5, 0.6) is 5.75 Å². The van der Waals surface area contributed by atoms with Gasteiger partial charge in [-0.15, -0.1) is 16.9 Å². The summed E-state index contributed by atoms with van der Waals surface area (Å²) in [7, 11) is 0. The Morgan fingerprint density at radius 2 is 1.83 bits per heavy atom. The van der Waals surface area contributed by atoms with Gasteiger partial charge in [0.05, 0.1) is 25.4 Å². The maximum atomic E-state index is 10.3. The molecule has 1 aliphatic heterocycles. The lowest BCUT2D eigenvalue weighted by Gasteiger charge is -2.26. The fraction of sp³-hybridized carbons (Fsp3) is 0.273. The Labute approximate surface area is 174 Å². The number of ether oxygens (including phenoxy) is 1. The molecule has 150 valence electrons. The number of nitrogens with zero attached hydrogens (tertiary/aromatic N) is 4. The highest BCUT2D eigenvalue weighted by Crippen LogP contribution is 2.28. The highest BCUT2D eigenvalue weighted by atomic mass is 32.2. The van der Waals surface area contributed by atoms with E-state index in [0.717, 1.165) is 31.9 Å². The third-order valence-corrected chi connectivity index (χ3v) is 5.55. The van der Waals surface area contributed by atoms with Gasteiger partial charge in [-0.2, -0.15) is 0 Å². The number of hydrogen-bond donors (Lipinski definition) is 1.